The van der Waals surface area contributed by atoms with E-state index in [0.29, 0.717) is 5.82 Å². The maximum Gasteiger partial charge on any atom is 0.202 e. The largest absolute Gasteiger partial charge is 0.273 e. The lowest BCUT2D eigenvalue weighted by Gasteiger charge is -2.26. The van der Waals surface area contributed by atoms with Crippen molar-refractivity contribution in [3.8, 4) is 0 Å². The van der Waals surface area contributed by atoms with Crippen molar-refractivity contribution in [2.45, 2.75) is 25.8 Å². The van der Waals surface area contributed by atoms with Crippen LogP contribution in [0.2, 0.25) is 0 Å². The molecule has 1 aliphatic heterocycles. The maximum atomic E-state index is 4.87. The quantitative estimate of drug-likeness (QED) is 0.692. The SMILES string of the molecule is CC1(C)Cc2ccsc2C(c2nnc3ccccc3n2)=N1. The summed E-state index contributed by atoms with van der Waals surface area (Å²) in [5, 5.41) is 10.7. The van der Waals surface area contributed by atoms with Crippen molar-refractivity contribution in [2.75, 3.05) is 0 Å². The highest BCUT2D eigenvalue weighted by Gasteiger charge is 2.29. The summed E-state index contributed by atoms with van der Waals surface area (Å²) in [6.07, 6.45) is 0.955. The summed E-state index contributed by atoms with van der Waals surface area (Å²) in [7, 11) is 0. The number of aromatic nitrogens is 3. The van der Waals surface area contributed by atoms with Crippen LogP contribution in [0.15, 0.2) is 40.7 Å². The minimum Gasteiger partial charge on any atom is -0.273 e. The summed E-state index contributed by atoms with van der Waals surface area (Å²) in [5.41, 5.74) is 3.73. The summed E-state index contributed by atoms with van der Waals surface area (Å²) in [5.74, 6) is 0.616. The fourth-order valence-corrected chi connectivity index (χ4v) is 3.58. The molecular weight excluding hydrogens is 280 g/mol. The highest BCUT2D eigenvalue weighted by atomic mass is 32.1. The lowest BCUT2D eigenvalue weighted by atomic mass is 9.91. The van der Waals surface area contributed by atoms with Crippen molar-refractivity contribution in [3.05, 3.63) is 52.0 Å². The first-order valence-electron chi connectivity index (χ1n) is 6.89. The maximum absolute atomic E-state index is 4.87. The van der Waals surface area contributed by atoms with Gasteiger partial charge in [-0.25, -0.2) is 4.98 Å². The summed E-state index contributed by atoms with van der Waals surface area (Å²) >= 11 is 1.70. The van der Waals surface area contributed by atoms with Gasteiger partial charge >= 0.3 is 0 Å². The van der Waals surface area contributed by atoms with E-state index in [1.54, 1.807) is 11.3 Å². The minimum atomic E-state index is -0.127. The molecule has 1 aromatic carbocycles. The molecule has 0 N–H and O–H groups in total. The molecule has 0 amide bonds. The van der Waals surface area contributed by atoms with Crippen molar-refractivity contribution >= 4 is 28.1 Å². The normalized spacial score (nSPS) is 16.6. The Balaban J connectivity index is 1.92. The third-order valence-electron chi connectivity index (χ3n) is 3.57. The fourth-order valence-electron chi connectivity index (χ4n) is 2.67. The Bertz CT molecular complexity index is 863. The zero-order valence-electron chi connectivity index (χ0n) is 11.9. The van der Waals surface area contributed by atoms with Gasteiger partial charge in [0.2, 0.25) is 5.82 Å². The fraction of sp³-hybridized carbons (Fsp3) is 0.250. The first kappa shape index (κ1) is 12.6. The Morgan fingerprint density at radius 1 is 1.05 bits per heavy atom. The molecule has 4 nitrogen and oxygen atoms in total. The zero-order valence-corrected chi connectivity index (χ0v) is 12.7. The Kier molecular flexibility index (Phi) is 2.65. The number of benzene rings is 1. The molecule has 3 aromatic rings. The molecule has 104 valence electrons. The van der Waals surface area contributed by atoms with E-state index in [1.165, 1.54) is 10.4 Å². The average Bonchev–Trinajstić information content (AvgIpc) is 2.92. The van der Waals surface area contributed by atoms with E-state index in [4.69, 9.17) is 4.99 Å². The van der Waals surface area contributed by atoms with Crippen LogP contribution in [0.1, 0.15) is 30.1 Å². The van der Waals surface area contributed by atoms with Crippen LogP contribution in [0.4, 0.5) is 0 Å². The van der Waals surface area contributed by atoms with Crippen molar-refractivity contribution < 1.29 is 0 Å². The van der Waals surface area contributed by atoms with Crippen LogP contribution in [0, 0.1) is 0 Å². The van der Waals surface area contributed by atoms with E-state index in [-0.39, 0.29) is 5.54 Å². The van der Waals surface area contributed by atoms with Crippen molar-refractivity contribution in [3.63, 3.8) is 0 Å². The molecule has 0 saturated carbocycles. The van der Waals surface area contributed by atoms with Crippen LogP contribution < -0.4 is 0 Å². The Morgan fingerprint density at radius 2 is 1.86 bits per heavy atom. The summed E-state index contributed by atoms with van der Waals surface area (Å²) < 4.78 is 0. The number of para-hydroxylation sites is 1. The predicted molar refractivity (Wildman–Crippen MR) is 85.1 cm³/mol. The highest BCUT2D eigenvalue weighted by molar-refractivity contribution is 7.12. The number of thiophene rings is 1. The zero-order chi connectivity index (χ0) is 14.4. The molecule has 2 aromatic heterocycles. The molecule has 0 bridgehead atoms. The molecule has 0 unspecified atom stereocenters. The number of nitrogens with zero attached hydrogens (tertiary/aromatic N) is 4. The summed E-state index contributed by atoms with van der Waals surface area (Å²) in [6.45, 7) is 4.28. The first-order chi connectivity index (χ1) is 10.1. The molecule has 0 saturated heterocycles. The van der Waals surface area contributed by atoms with Gasteiger partial charge in [0.25, 0.3) is 0 Å². The Labute approximate surface area is 126 Å². The van der Waals surface area contributed by atoms with Crippen LogP contribution in [-0.2, 0) is 6.42 Å². The predicted octanol–water partition coefficient (Wildman–Crippen LogP) is 3.26. The van der Waals surface area contributed by atoms with Crippen molar-refractivity contribution in [1.29, 1.82) is 0 Å². The number of rotatable bonds is 1. The number of fused-ring (bicyclic) bond motifs is 2. The second kappa shape index (κ2) is 4.43. The van der Waals surface area contributed by atoms with E-state index >= 15 is 0 Å². The third-order valence-corrected chi connectivity index (χ3v) is 4.54. The van der Waals surface area contributed by atoms with Gasteiger partial charge in [0, 0.05) is 0 Å². The van der Waals surface area contributed by atoms with Crippen LogP contribution in [-0.4, -0.2) is 26.4 Å². The van der Waals surface area contributed by atoms with Gasteiger partial charge in [-0.15, -0.1) is 21.5 Å². The second-order valence-electron chi connectivity index (χ2n) is 5.85. The van der Waals surface area contributed by atoms with Gasteiger partial charge < -0.3 is 0 Å². The van der Waals surface area contributed by atoms with Crippen LogP contribution in [0.3, 0.4) is 0 Å². The van der Waals surface area contributed by atoms with E-state index in [2.05, 4.69) is 40.5 Å². The van der Waals surface area contributed by atoms with E-state index in [0.717, 1.165) is 23.2 Å². The van der Waals surface area contributed by atoms with Crippen molar-refractivity contribution in [1.82, 2.24) is 15.2 Å². The van der Waals surface area contributed by atoms with Crippen LogP contribution in [0.25, 0.3) is 11.0 Å². The van der Waals surface area contributed by atoms with Gasteiger partial charge in [0.05, 0.1) is 15.9 Å². The van der Waals surface area contributed by atoms with Gasteiger partial charge in [0.1, 0.15) is 11.2 Å². The van der Waals surface area contributed by atoms with Gasteiger partial charge in [-0.2, -0.15) is 0 Å². The molecule has 0 atom stereocenters. The minimum absolute atomic E-state index is 0.127. The molecule has 0 radical (unpaired) electrons. The average molecular weight is 294 g/mol. The molecule has 0 fully saturated rings. The number of hydrogen-bond donors (Lipinski definition) is 0. The summed E-state index contributed by atoms with van der Waals surface area (Å²) in [4.78, 5) is 10.7. The molecule has 21 heavy (non-hydrogen) atoms. The van der Waals surface area contributed by atoms with Gasteiger partial charge in [-0.3, -0.25) is 4.99 Å². The molecule has 0 aliphatic carbocycles. The smallest absolute Gasteiger partial charge is 0.202 e. The molecule has 4 rings (SSSR count). The van der Waals surface area contributed by atoms with Crippen molar-refractivity contribution in [2.24, 2.45) is 4.99 Å². The van der Waals surface area contributed by atoms with Crippen LogP contribution >= 0.6 is 11.3 Å². The molecule has 5 heteroatoms. The van der Waals surface area contributed by atoms with E-state index in [9.17, 15) is 0 Å². The Hall–Kier alpha value is -2.14. The standard InChI is InChI=1S/C16H14N4S/c1-16(2)9-10-7-8-21-14(10)13(18-16)15-17-11-5-3-4-6-12(11)19-20-15/h3-8H,9H2,1-2H3. The lowest BCUT2D eigenvalue weighted by Crippen LogP contribution is -2.29. The van der Waals surface area contributed by atoms with E-state index < -0.39 is 0 Å². The topological polar surface area (TPSA) is 51.0 Å². The molecule has 0 spiro atoms. The first-order valence-corrected chi connectivity index (χ1v) is 7.77. The van der Waals surface area contributed by atoms with Gasteiger partial charge in [-0.1, -0.05) is 12.1 Å². The number of hydrogen-bond acceptors (Lipinski definition) is 5. The second-order valence-corrected chi connectivity index (χ2v) is 6.76. The van der Waals surface area contributed by atoms with E-state index in [1.807, 2.05) is 24.3 Å². The van der Waals surface area contributed by atoms with Gasteiger partial charge in [0.15, 0.2) is 0 Å². The highest BCUT2D eigenvalue weighted by Crippen LogP contribution is 2.31. The van der Waals surface area contributed by atoms with Gasteiger partial charge in [-0.05, 0) is 49.4 Å². The molecular formula is C16H14N4S. The number of aliphatic imine (C=N–C) groups is 1. The van der Waals surface area contributed by atoms with Crippen LogP contribution in [0.5, 0.6) is 0 Å². The molecule has 1 aliphatic rings. The lowest BCUT2D eigenvalue weighted by molar-refractivity contribution is 0.514. The monoisotopic (exact) mass is 294 g/mol. The Morgan fingerprint density at radius 3 is 2.71 bits per heavy atom. The summed E-state index contributed by atoms with van der Waals surface area (Å²) in [6, 6.07) is 9.95. The third kappa shape index (κ3) is 2.14. The molecule has 3 heterocycles.